The van der Waals surface area contributed by atoms with Gasteiger partial charge in [-0.15, -0.1) is 10.2 Å². The fourth-order valence-corrected chi connectivity index (χ4v) is 6.46. The predicted molar refractivity (Wildman–Crippen MR) is 174 cm³/mol. The molecule has 0 bridgehead atoms. The SMILES string of the molecule is CCn1nnc([C@H]2O[C@@H](n3cnc4c(NCc5cccc(I)c5)nc(NC5CCN(Cc6ccccc6)C5)nc43)[C@H](O)[C@@H]2O)n1. The molecular weight excluding hydrogens is 689 g/mol. The second-order valence-corrected chi connectivity index (χ2v) is 12.6. The number of benzene rings is 2. The van der Waals surface area contributed by atoms with Gasteiger partial charge < -0.3 is 25.6 Å². The zero-order chi connectivity index (χ0) is 30.9. The molecule has 234 valence electrons. The van der Waals surface area contributed by atoms with Crippen molar-refractivity contribution >= 4 is 45.5 Å². The summed E-state index contributed by atoms with van der Waals surface area (Å²) in [6.45, 7) is 5.63. The third kappa shape index (κ3) is 6.35. The summed E-state index contributed by atoms with van der Waals surface area (Å²) in [5, 5.41) is 41.2. The van der Waals surface area contributed by atoms with Crippen molar-refractivity contribution < 1.29 is 14.9 Å². The van der Waals surface area contributed by atoms with Crippen LogP contribution in [0, 0.1) is 3.57 Å². The van der Waals surface area contributed by atoms with Gasteiger partial charge in [0.15, 0.2) is 29.3 Å². The van der Waals surface area contributed by atoms with Crippen LogP contribution in [0.1, 0.15) is 42.6 Å². The lowest BCUT2D eigenvalue weighted by atomic mass is 10.1. The number of fused-ring (bicyclic) bond motifs is 1. The van der Waals surface area contributed by atoms with E-state index in [2.05, 4.69) is 94.9 Å². The summed E-state index contributed by atoms with van der Waals surface area (Å²) < 4.78 is 8.92. The van der Waals surface area contributed by atoms with Crippen molar-refractivity contribution in [2.75, 3.05) is 23.7 Å². The Balaban J connectivity index is 1.17. The van der Waals surface area contributed by atoms with Gasteiger partial charge in [-0.05, 0) is 64.4 Å². The number of aromatic nitrogens is 8. The first-order chi connectivity index (χ1) is 21.9. The first-order valence-electron chi connectivity index (χ1n) is 15.0. The van der Waals surface area contributed by atoms with Crippen molar-refractivity contribution in [1.29, 1.82) is 0 Å². The van der Waals surface area contributed by atoms with Crippen LogP contribution in [0.2, 0.25) is 0 Å². The Hall–Kier alpha value is -3.77. The number of anilines is 2. The molecule has 15 heteroatoms. The van der Waals surface area contributed by atoms with Crippen LogP contribution >= 0.6 is 22.6 Å². The minimum absolute atomic E-state index is 0.151. The molecule has 2 saturated heterocycles. The maximum Gasteiger partial charge on any atom is 0.227 e. The molecule has 2 aromatic carbocycles. The zero-order valence-electron chi connectivity index (χ0n) is 24.6. The third-order valence-corrected chi connectivity index (χ3v) is 8.81. The number of ether oxygens (including phenoxy) is 1. The molecule has 1 unspecified atom stereocenters. The first-order valence-corrected chi connectivity index (χ1v) is 16.1. The van der Waals surface area contributed by atoms with Gasteiger partial charge in [-0.25, -0.2) is 4.98 Å². The number of likely N-dealkylation sites (tertiary alicyclic amines) is 1. The molecule has 0 radical (unpaired) electrons. The topological polar surface area (TPSA) is 164 Å². The van der Waals surface area contributed by atoms with E-state index < -0.39 is 24.5 Å². The molecule has 4 N–H and O–H groups in total. The molecule has 2 fully saturated rings. The van der Waals surface area contributed by atoms with Gasteiger partial charge in [0.25, 0.3) is 0 Å². The van der Waals surface area contributed by atoms with Gasteiger partial charge in [0.1, 0.15) is 12.2 Å². The van der Waals surface area contributed by atoms with E-state index in [0.717, 1.165) is 35.2 Å². The highest BCUT2D eigenvalue weighted by Crippen LogP contribution is 2.39. The monoisotopic (exact) mass is 723 g/mol. The maximum atomic E-state index is 11.1. The van der Waals surface area contributed by atoms with E-state index in [1.165, 1.54) is 10.4 Å². The van der Waals surface area contributed by atoms with Crippen molar-refractivity contribution in [1.82, 2.24) is 44.6 Å². The van der Waals surface area contributed by atoms with Crippen molar-refractivity contribution in [3.05, 3.63) is 81.4 Å². The number of rotatable bonds is 10. The van der Waals surface area contributed by atoms with Crippen LogP contribution in [0.4, 0.5) is 11.8 Å². The van der Waals surface area contributed by atoms with E-state index in [4.69, 9.17) is 14.7 Å². The van der Waals surface area contributed by atoms with Crippen LogP contribution < -0.4 is 10.6 Å². The van der Waals surface area contributed by atoms with Crippen LogP contribution in [0.15, 0.2) is 60.9 Å². The largest absolute Gasteiger partial charge is 0.387 e. The normalized spacial score (nSPS) is 23.6. The van der Waals surface area contributed by atoms with Gasteiger partial charge in [-0.2, -0.15) is 14.8 Å². The van der Waals surface area contributed by atoms with Gasteiger partial charge in [-0.1, -0.05) is 42.5 Å². The number of aryl methyl sites for hydroxylation is 1. The molecule has 0 saturated carbocycles. The highest BCUT2D eigenvalue weighted by molar-refractivity contribution is 14.1. The van der Waals surface area contributed by atoms with Crippen LogP contribution in [0.25, 0.3) is 11.2 Å². The van der Waals surface area contributed by atoms with Crippen molar-refractivity contribution in [2.24, 2.45) is 0 Å². The number of tetrazole rings is 1. The van der Waals surface area contributed by atoms with E-state index in [1.54, 1.807) is 10.9 Å². The number of nitrogens with one attached hydrogen (secondary N) is 2. The van der Waals surface area contributed by atoms with Crippen LogP contribution in [-0.4, -0.2) is 86.2 Å². The number of halogens is 1. The molecule has 7 rings (SSSR count). The average molecular weight is 724 g/mol. The molecule has 2 aliphatic heterocycles. The number of aliphatic hydroxyl groups is 2. The molecule has 5 atom stereocenters. The fraction of sp³-hybridized carbons (Fsp3) is 0.400. The second kappa shape index (κ2) is 12.9. The van der Waals surface area contributed by atoms with Gasteiger partial charge >= 0.3 is 0 Å². The molecule has 5 heterocycles. The highest BCUT2D eigenvalue weighted by Gasteiger charge is 2.47. The maximum absolute atomic E-state index is 11.1. The number of hydrogen-bond donors (Lipinski definition) is 4. The van der Waals surface area contributed by atoms with Gasteiger partial charge in [-0.3, -0.25) is 9.47 Å². The number of aliphatic hydroxyl groups excluding tert-OH is 2. The number of nitrogens with zero attached hydrogens (tertiary/aromatic N) is 9. The Morgan fingerprint density at radius 3 is 2.69 bits per heavy atom. The average Bonchev–Trinajstić information content (AvgIpc) is 3.85. The quantitative estimate of drug-likeness (QED) is 0.156. The Labute approximate surface area is 273 Å². The Morgan fingerprint density at radius 2 is 1.89 bits per heavy atom. The fourth-order valence-electron chi connectivity index (χ4n) is 5.85. The van der Waals surface area contributed by atoms with E-state index in [0.29, 0.717) is 36.0 Å². The minimum Gasteiger partial charge on any atom is -0.387 e. The zero-order valence-corrected chi connectivity index (χ0v) is 26.8. The molecule has 0 amide bonds. The summed E-state index contributed by atoms with van der Waals surface area (Å²) >= 11 is 2.30. The van der Waals surface area contributed by atoms with E-state index in [1.807, 2.05) is 25.1 Å². The standard InChI is InChI=1S/C30H34IN11O3/c1-2-42-38-27(37-39-42)25-23(43)24(44)29(45-25)41-17-33-22-26(32-14-19-9-6-10-20(31)13-19)35-30(36-28(22)41)34-21-11-12-40(16-21)15-18-7-4-3-5-8-18/h3-10,13,17,21,23-25,29,43-44H,2,11-12,14-16H2,1H3,(H2,32,34,35,36)/t21?,23-,24+,25-,29+/m0/s1. The lowest BCUT2D eigenvalue weighted by Gasteiger charge is -2.19. The Morgan fingerprint density at radius 1 is 1.04 bits per heavy atom. The number of imidazole rings is 1. The molecule has 0 aliphatic carbocycles. The molecule has 14 nitrogen and oxygen atoms in total. The summed E-state index contributed by atoms with van der Waals surface area (Å²) in [7, 11) is 0. The number of hydrogen-bond acceptors (Lipinski definition) is 12. The summed E-state index contributed by atoms with van der Waals surface area (Å²) in [6, 6.07) is 18.8. The summed E-state index contributed by atoms with van der Waals surface area (Å²) in [5.41, 5.74) is 3.36. The molecule has 3 aromatic heterocycles. The second-order valence-electron chi connectivity index (χ2n) is 11.3. The first kappa shape index (κ1) is 29.9. The van der Waals surface area contributed by atoms with Crippen LogP contribution in [0.3, 0.4) is 0 Å². The summed E-state index contributed by atoms with van der Waals surface area (Å²) in [5.74, 6) is 1.20. The third-order valence-electron chi connectivity index (χ3n) is 8.14. The highest BCUT2D eigenvalue weighted by atomic mass is 127. The summed E-state index contributed by atoms with van der Waals surface area (Å²) in [6.07, 6.45) is -2.00. The van der Waals surface area contributed by atoms with Crippen LogP contribution in [-0.2, 0) is 24.4 Å². The molecule has 45 heavy (non-hydrogen) atoms. The Kier molecular flexibility index (Phi) is 8.59. The lowest BCUT2D eigenvalue weighted by Crippen LogP contribution is -2.29. The molecular formula is C30H34IN11O3. The molecule has 2 aliphatic rings. The van der Waals surface area contributed by atoms with Gasteiger partial charge in [0.05, 0.1) is 12.9 Å². The van der Waals surface area contributed by atoms with Crippen molar-refractivity contribution in [2.45, 2.75) is 63.6 Å². The van der Waals surface area contributed by atoms with E-state index >= 15 is 0 Å². The minimum atomic E-state index is -1.28. The molecule has 5 aromatic rings. The lowest BCUT2D eigenvalue weighted by molar-refractivity contribution is -0.0384. The summed E-state index contributed by atoms with van der Waals surface area (Å²) in [4.78, 5) is 18.1. The van der Waals surface area contributed by atoms with Gasteiger partial charge in [0, 0.05) is 35.8 Å². The van der Waals surface area contributed by atoms with Crippen LogP contribution in [0.5, 0.6) is 0 Å². The Bertz CT molecular complexity index is 1770. The van der Waals surface area contributed by atoms with E-state index in [-0.39, 0.29) is 11.9 Å². The van der Waals surface area contributed by atoms with Crippen molar-refractivity contribution in [3.63, 3.8) is 0 Å². The smallest absolute Gasteiger partial charge is 0.227 e. The van der Waals surface area contributed by atoms with Gasteiger partial charge in [0.2, 0.25) is 11.8 Å². The predicted octanol–water partition coefficient (Wildman–Crippen LogP) is 2.73. The molecule has 0 spiro atoms. The van der Waals surface area contributed by atoms with Crippen molar-refractivity contribution in [3.8, 4) is 0 Å². The van der Waals surface area contributed by atoms with E-state index in [9.17, 15) is 10.2 Å².